The van der Waals surface area contributed by atoms with E-state index in [0.717, 1.165) is 89.8 Å². The molecule has 258 valence electrons. The Bertz CT molecular complexity index is 1910. The van der Waals surface area contributed by atoms with E-state index in [1.54, 1.807) is 11.3 Å². The number of allylic oxidation sites excluding steroid dienone is 1. The molecule has 3 aromatic heterocycles. The van der Waals surface area contributed by atoms with Crippen LogP contribution in [0.3, 0.4) is 0 Å². The van der Waals surface area contributed by atoms with Crippen molar-refractivity contribution >= 4 is 43.9 Å². The smallest absolute Gasteiger partial charge is 0.125 e. The van der Waals surface area contributed by atoms with Crippen LogP contribution in [0.2, 0.25) is 0 Å². The molecule has 10 heteroatoms. The summed E-state index contributed by atoms with van der Waals surface area (Å²) in [4.78, 5) is 9.59. The van der Waals surface area contributed by atoms with E-state index in [2.05, 4.69) is 68.9 Å². The number of aromatic nitrogens is 2. The number of hydrogen-bond donors (Lipinski definition) is 4. The van der Waals surface area contributed by atoms with E-state index in [0.29, 0.717) is 32.1 Å². The number of aliphatic imine (C=N–C) groups is 1. The zero-order chi connectivity index (χ0) is 34.0. The number of ether oxygens (including phenoxy) is 2. The Balaban J connectivity index is 1.06. The Morgan fingerprint density at radius 1 is 0.939 bits per heavy atom. The highest BCUT2D eigenvalue weighted by Crippen LogP contribution is 2.31. The van der Waals surface area contributed by atoms with Crippen molar-refractivity contribution in [2.24, 2.45) is 10.9 Å². The Morgan fingerprint density at radius 2 is 1.76 bits per heavy atom. The van der Waals surface area contributed by atoms with Gasteiger partial charge >= 0.3 is 0 Å². The molecule has 1 aliphatic heterocycles. The van der Waals surface area contributed by atoms with Gasteiger partial charge in [0.2, 0.25) is 0 Å². The molecular weight excluding hydrogens is 635 g/mol. The number of hydrogen-bond acceptors (Lipinski definition) is 9. The third kappa shape index (κ3) is 8.81. The van der Waals surface area contributed by atoms with Crippen LogP contribution >= 0.6 is 11.3 Å². The fourth-order valence-electron chi connectivity index (χ4n) is 6.29. The molecule has 0 radical (unpaired) electrons. The van der Waals surface area contributed by atoms with Crippen LogP contribution in [0.4, 0.5) is 5.82 Å². The van der Waals surface area contributed by atoms with Crippen molar-refractivity contribution < 1.29 is 19.7 Å². The first-order chi connectivity index (χ1) is 24.0. The molecule has 0 fully saturated rings. The van der Waals surface area contributed by atoms with Crippen molar-refractivity contribution in [1.29, 1.82) is 0 Å². The number of nitrogens with one attached hydrogen (secondary N) is 2. The Morgan fingerprint density at radius 3 is 2.59 bits per heavy atom. The quantitative estimate of drug-likeness (QED) is 0.0781. The van der Waals surface area contributed by atoms with Crippen LogP contribution in [-0.2, 0) is 25.9 Å². The second-order valence-corrected chi connectivity index (χ2v) is 13.4. The topological polar surface area (TPSA) is 113 Å². The van der Waals surface area contributed by atoms with Gasteiger partial charge in [0.05, 0.1) is 19.8 Å². The van der Waals surface area contributed by atoms with Gasteiger partial charge in [-0.2, -0.15) is 0 Å². The predicted octanol–water partition coefficient (Wildman–Crippen LogP) is 7.10. The highest BCUT2D eigenvalue weighted by molar-refractivity contribution is 7.17. The Hall–Kier alpha value is -4.38. The average molecular weight is 682 g/mol. The van der Waals surface area contributed by atoms with Gasteiger partial charge in [0.25, 0.3) is 0 Å². The fraction of sp³-hybridized carbons (Fsp3) is 0.385. The van der Waals surface area contributed by atoms with Crippen molar-refractivity contribution in [1.82, 2.24) is 14.9 Å². The summed E-state index contributed by atoms with van der Waals surface area (Å²) in [5.74, 6) is 3.81. The number of benzene rings is 2. The number of pyridine rings is 1. The molecule has 4 N–H and O–H groups in total. The molecule has 5 aromatic rings. The maximum atomic E-state index is 9.60. The average Bonchev–Trinajstić information content (AvgIpc) is 3.69. The van der Waals surface area contributed by atoms with E-state index in [1.807, 2.05) is 37.4 Å². The first-order valence-corrected chi connectivity index (χ1v) is 18.2. The molecule has 0 saturated carbocycles. The fourth-order valence-corrected chi connectivity index (χ4v) is 7.31. The van der Waals surface area contributed by atoms with Gasteiger partial charge in [-0.05, 0) is 109 Å². The minimum absolute atomic E-state index is 0.141. The maximum absolute atomic E-state index is 9.60. The molecule has 0 bridgehead atoms. The summed E-state index contributed by atoms with van der Waals surface area (Å²) in [6.07, 6.45) is 6.96. The predicted molar refractivity (Wildman–Crippen MR) is 200 cm³/mol. The van der Waals surface area contributed by atoms with Gasteiger partial charge in [0.1, 0.15) is 23.1 Å². The van der Waals surface area contributed by atoms with Gasteiger partial charge in [-0.25, -0.2) is 9.98 Å². The van der Waals surface area contributed by atoms with Gasteiger partial charge in [0.15, 0.2) is 0 Å². The van der Waals surface area contributed by atoms with E-state index in [1.165, 1.54) is 15.6 Å². The van der Waals surface area contributed by atoms with Crippen LogP contribution in [-0.4, -0.2) is 59.0 Å². The van der Waals surface area contributed by atoms with Crippen LogP contribution in [0.25, 0.3) is 21.0 Å². The molecule has 1 unspecified atom stereocenters. The first kappa shape index (κ1) is 34.5. The van der Waals surface area contributed by atoms with Crippen LogP contribution in [0.15, 0.2) is 82.9 Å². The van der Waals surface area contributed by atoms with Gasteiger partial charge in [-0.3, -0.25) is 0 Å². The minimum Gasteiger partial charge on any atom is -0.493 e. The monoisotopic (exact) mass is 681 g/mol. The summed E-state index contributed by atoms with van der Waals surface area (Å²) >= 11 is 1.73. The van der Waals surface area contributed by atoms with Crippen LogP contribution in [0.1, 0.15) is 49.6 Å². The van der Waals surface area contributed by atoms with Gasteiger partial charge in [-0.1, -0.05) is 13.0 Å². The number of fused-ring (bicyclic) bond motifs is 2. The van der Waals surface area contributed by atoms with Crippen molar-refractivity contribution in [3.63, 3.8) is 0 Å². The summed E-state index contributed by atoms with van der Waals surface area (Å²) in [5, 5.41) is 30.0. The molecule has 0 aliphatic carbocycles. The molecule has 49 heavy (non-hydrogen) atoms. The SMILES string of the molecule is CNc1cccc(CCOc2ccc3c(c2)cc(CNC2=CCC(C)C(CCOc4ccc5c(CCCO)csc5c4)=N2)n3CCCO)n1. The number of aryl methyl sites for hydroxylation is 2. The second-order valence-electron chi connectivity index (χ2n) is 12.5. The highest BCUT2D eigenvalue weighted by Gasteiger charge is 2.17. The molecule has 9 nitrogen and oxygen atoms in total. The van der Waals surface area contributed by atoms with E-state index in [4.69, 9.17) is 14.5 Å². The number of thiophene rings is 1. The van der Waals surface area contributed by atoms with Crippen molar-refractivity contribution in [2.75, 3.05) is 38.8 Å². The number of nitrogens with zero attached hydrogens (tertiary/aromatic N) is 3. The minimum atomic E-state index is 0.141. The van der Waals surface area contributed by atoms with Crippen LogP contribution in [0, 0.1) is 5.92 Å². The lowest BCUT2D eigenvalue weighted by molar-refractivity contribution is 0.280. The molecule has 2 aromatic carbocycles. The van der Waals surface area contributed by atoms with Crippen LogP contribution in [0.5, 0.6) is 11.5 Å². The molecule has 6 rings (SSSR count). The highest BCUT2D eigenvalue weighted by atomic mass is 32.1. The first-order valence-electron chi connectivity index (χ1n) is 17.3. The maximum Gasteiger partial charge on any atom is 0.125 e. The number of anilines is 1. The summed E-state index contributed by atoms with van der Waals surface area (Å²) in [5.41, 5.74) is 5.68. The zero-order valence-corrected chi connectivity index (χ0v) is 29.3. The number of rotatable bonds is 18. The normalized spacial score (nSPS) is 14.6. The molecule has 1 aliphatic rings. The van der Waals surface area contributed by atoms with Gasteiger partial charge in [0, 0.05) is 72.4 Å². The molecule has 0 amide bonds. The largest absolute Gasteiger partial charge is 0.493 e. The third-order valence-electron chi connectivity index (χ3n) is 8.99. The molecule has 0 saturated heterocycles. The van der Waals surface area contributed by atoms with Crippen molar-refractivity contribution in [2.45, 2.75) is 58.5 Å². The zero-order valence-electron chi connectivity index (χ0n) is 28.5. The van der Waals surface area contributed by atoms with Crippen molar-refractivity contribution in [3.05, 3.63) is 94.9 Å². The summed E-state index contributed by atoms with van der Waals surface area (Å²) in [7, 11) is 1.87. The van der Waals surface area contributed by atoms with E-state index >= 15 is 0 Å². The molecule has 0 spiro atoms. The molecular formula is C39H47N5O4S. The lowest BCUT2D eigenvalue weighted by atomic mass is 9.97. The second kappa shape index (κ2) is 16.8. The molecule has 1 atom stereocenters. The van der Waals surface area contributed by atoms with E-state index < -0.39 is 0 Å². The van der Waals surface area contributed by atoms with Gasteiger partial charge < -0.3 is 34.9 Å². The summed E-state index contributed by atoms with van der Waals surface area (Å²) in [6, 6.07) is 20.7. The summed E-state index contributed by atoms with van der Waals surface area (Å²) < 4.78 is 15.8. The lowest BCUT2D eigenvalue weighted by Gasteiger charge is -2.21. The number of aliphatic hydroxyl groups excluding tert-OH is 2. The molecule has 4 heterocycles. The third-order valence-corrected chi connectivity index (χ3v) is 9.99. The summed E-state index contributed by atoms with van der Waals surface area (Å²) in [6.45, 7) is 5.05. The van der Waals surface area contributed by atoms with Gasteiger partial charge in [-0.15, -0.1) is 11.3 Å². The van der Waals surface area contributed by atoms with E-state index in [-0.39, 0.29) is 13.2 Å². The van der Waals surface area contributed by atoms with E-state index in [9.17, 15) is 10.2 Å². The standard InChI is InChI=1S/C39H47N5O4S/c1-27-9-14-39(43-35(27)16-21-48-33-10-12-34-28(6-4-18-45)26-49-37(34)24-33)41-25-31-22-29-23-32(11-13-36(29)44(31)17-5-19-46)47-20-15-30-7-3-8-38(40-2)42-30/h3,7-8,10-14,22-24,26-27,41,45-46H,4-6,9,15-21,25H2,1-2H3,(H,40,42). The lowest BCUT2D eigenvalue weighted by Crippen LogP contribution is -2.23. The Labute approximate surface area is 292 Å². The van der Waals surface area contributed by atoms with Crippen LogP contribution < -0.4 is 20.1 Å². The van der Waals surface area contributed by atoms with Crippen molar-refractivity contribution in [3.8, 4) is 11.5 Å². The Kier molecular flexibility index (Phi) is 11.8. The number of aliphatic hydroxyl groups is 2.